The van der Waals surface area contributed by atoms with Gasteiger partial charge >= 0.3 is 0 Å². The second kappa shape index (κ2) is 2.85. The normalized spacial score (nSPS) is 11.2. The Morgan fingerprint density at radius 1 is 0.625 bits per heavy atom. The molecule has 0 aliphatic carbocycles. The van der Waals surface area contributed by atoms with Crippen LogP contribution in [-0.2, 0) is 0 Å². The standard InChI is InChI=1S/C13H6O3/c14-11-9-6-5-7-3-1-2-4-8(7)10(9)12(15)13(11)16/h1-6H. The molecule has 0 amide bonds. The molecule has 16 heavy (non-hydrogen) atoms. The van der Waals surface area contributed by atoms with E-state index in [4.69, 9.17) is 0 Å². The predicted molar refractivity (Wildman–Crippen MR) is 62.6 cm³/mol. The van der Waals surface area contributed by atoms with Gasteiger partial charge in [0, 0.05) is 10.8 Å². The molecule has 76 valence electrons. The van der Waals surface area contributed by atoms with E-state index in [-0.39, 0.29) is 10.8 Å². The van der Waals surface area contributed by atoms with Gasteiger partial charge in [0.05, 0.1) is 0 Å². The molecule has 0 aliphatic heterocycles. The van der Waals surface area contributed by atoms with Crippen molar-refractivity contribution in [1.82, 2.24) is 0 Å². The summed E-state index contributed by atoms with van der Waals surface area (Å²) in [5, 5.41) is 2.02. The first kappa shape index (κ1) is 8.97. The van der Waals surface area contributed by atoms with E-state index >= 15 is 0 Å². The van der Waals surface area contributed by atoms with Crippen LogP contribution in [0.2, 0.25) is 0 Å². The molecule has 3 nitrogen and oxygen atoms in total. The number of rotatable bonds is 0. The average Bonchev–Trinajstić information content (AvgIpc) is 2.55. The molecule has 0 spiro atoms. The van der Waals surface area contributed by atoms with Crippen molar-refractivity contribution >= 4 is 21.5 Å². The Bertz CT molecular complexity index is 852. The van der Waals surface area contributed by atoms with Crippen LogP contribution in [0.4, 0.5) is 0 Å². The smallest absolute Gasteiger partial charge is 0.274 e. The Balaban J connectivity index is 2.83. The molecule has 0 radical (unpaired) electrons. The van der Waals surface area contributed by atoms with Crippen molar-refractivity contribution in [2.75, 3.05) is 0 Å². The van der Waals surface area contributed by atoms with Gasteiger partial charge in [-0.25, -0.2) is 0 Å². The van der Waals surface area contributed by atoms with E-state index < -0.39 is 16.3 Å². The Kier molecular flexibility index (Phi) is 1.60. The molecule has 3 aromatic rings. The summed E-state index contributed by atoms with van der Waals surface area (Å²) < 4.78 is 0. The van der Waals surface area contributed by atoms with Gasteiger partial charge in [-0.3, -0.25) is 14.4 Å². The fourth-order valence-corrected chi connectivity index (χ4v) is 2.04. The van der Waals surface area contributed by atoms with Crippen LogP contribution in [0.25, 0.3) is 21.5 Å². The van der Waals surface area contributed by atoms with E-state index in [1.165, 1.54) is 0 Å². The monoisotopic (exact) mass is 210 g/mol. The molecular formula is C13H6O3. The van der Waals surface area contributed by atoms with Crippen molar-refractivity contribution in [3.8, 4) is 0 Å². The van der Waals surface area contributed by atoms with Gasteiger partial charge in [0.1, 0.15) is 0 Å². The molecule has 0 fully saturated rings. The van der Waals surface area contributed by atoms with E-state index in [0.29, 0.717) is 5.39 Å². The molecule has 3 heteroatoms. The summed E-state index contributed by atoms with van der Waals surface area (Å²) in [6.45, 7) is 0. The third-order valence-electron chi connectivity index (χ3n) is 2.81. The zero-order valence-corrected chi connectivity index (χ0v) is 8.19. The molecular weight excluding hydrogens is 204 g/mol. The molecule has 0 bridgehead atoms. The van der Waals surface area contributed by atoms with Crippen LogP contribution in [0.1, 0.15) is 0 Å². The second-order valence-corrected chi connectivity index (χ2v) is 3.70. The summed E-state index contributed by atoms with van der Waals surface area (Å²) in [5.74, 6) is 0. The molecule has 0 aromatic heterocycles. The maximum Gasteiger partial charge on any atom is 0.274 e. The number of hydrogen-bond acceptors (Lipinski definition) is 3. The molecule has 0 aliphatic rings. The van der Waals surface area contributed by atoms with Gasteiger partial charge in [-0.2, -0.15) is 0 Å². The molecule has 3 rings (SSSR count). The average molecular weight is 210 g/mol. The molecule has 0 saturated carbocycles. The minimum Gasteiger partial charge on any atom is -0.285 e. The van der Waals surface area contributed by atoms with E-state index in [1.807, 2.05) is 12.1 Å². The lowest BCUT2D eigenvalue weighted by molar-refractivity contribution is 1.56. The lowest BCUT2D eigenvalue weighted by Gasteiger charge is -1.96. The van der Waals surface area contributed by atoms with Crippen LogP contribution in [-0.4, -0.2) is 0 Å². The minimum absolute atomic E-state index is 0.230. The highest BCUT2D eigenvalue weighted by atomic mass is 16.2. The zero-order chi connectivity index (χ0) is 11.3. The van der Waals surface area contributed by atoms with Gasteiger partial charge in [0.25, 0.3) is 5.43 Å². The van der Waals surface area contributed by atoms with Crippen molar-refractivity contribution in [3.63, 3.8) is 0 Å². The zero-order valence-electron chi connectivity index (χ0n) is 8.19. The summed E-state index contributed by atoms with van der Waals surface area (Å²) in [6, 6.07) is 10.5. The lowest BCUT2D eigenvalue weighted by Crippen LogP contribution is -2.29. The van der Waals surface area contributed by atoms with E-state index in [9.17, 15) is 14.4 Å². The summed E-state index contributed by atoms with van der Waals surface area (Å²) >= 11 is 0. The van der Waals surface area contributed by atoms with Gasteiger partial charge in [-0.1, -0.05) is 30.3 Å². The fraction of sp³-hybridized carbons (Fsp3) is 0. The summed E-state index contributed by atoms with van der Waals surface area (Å²) in [7, 11) is 0. The number of fused-ring (bicyclic) bond motifs is 3. The lowest BCUT2D eigenvalue weighted by atomic mass is 10.1. The summed E-state index contributed by atoms with van der Waals surface area (Å²) in [4.78, 5) is 34.4. The van der Waals surface area contributed by atoms with Crippen LogP contribution in [0.3, 0.4) is 0 Å². The first-order chi connectivity index (χ1) is 7.70. The summed E-state index contributed by atoms with van der Waals surface area (Å²) in [6.07, 6.45) is 0. The largest absolute Gasteiger partial charge is 0.285 e. The first-order valence-electron chi connectivity index (χ1n) is 4.85. The minimum atomic E-state index is -0.925. The summed E-state index contributed by atoms with van der Waals surface area (Å²) in [5.41, 5.74) is -2.30. The van der Waals surface area contributed by atoms with Crippen LogP contribution < -0.4 is 16.3 Å². The molecule has 0 saturated heterocycles. The van der Waals surface area contributed by atoms with Crippen molar-refractivity contribution < 1.29 is 0 Å². The topological polar surface area (TPSA) is 51.2 Å². The Morgan fingerprint density at radius 3 is 2.19 bits per heavy atom. The highest BCUT2D eigenvalue weighted by Crippen LogP contribution is 2.19. The first-order valence-corrected chi connectivity index (χ1v) is 4.85. The van der Waals surface area contributed by atoms with Crippen LogP contribution in [0, 0.1) is 0 Å². The number of hydrogen-bond donors (Lipinski definition) is 0. The van der Waals surface area contributed by atoms with Gasteiger partial charge in [0.15, 0.2) is 0 Å². The Labute approximate surface area is 89.3 Å². The maximum absolute atomic E-state index is 11.7. The van der Waals surface area contributed by atoms with Gasteiger partial charge in [-0.15, -0.1) is 0 Å². The van der Waals surface area contributed by atoms with E-state index in [1.54, 1.807) is 24.3 Å². The predicted octanol–water partition coefficient (Wildman–Crippen LogP) is 0.949. The Hall–Kier alpha value is -2.29. The highest BCUT2D eigenvalue weighted by Gasteiger charge is 2.14. The van der Waals surface area contributed by atoms with E-state index in [0.717, 1.165) is 5.39 Å². The molecule has 3 aromatic carbocycles. The molecule has 0 N–H and O–H groups in total. The molecule has 0 atom stereocenters. The van der Waals surface area contributed by atoms with E-state index in [2.05, 4.69) is 0 Å². The SMILES string of the molecule is O=c1c(=O)c2ccc3ccccc3c2c1=O. The van der Waals surface area contributed by atoms with Gasteiger partial charge in [0.2, 0.25) is 10.9 Å². The van der Waals surface area contributed by atoms with Crippen molar-refractivity contribution in [2.24, 2.45) is 0 Å². The highest BCUT2D eigenvalue weighted by molar-refractivity contribution is 6.07. The van der Waals surface area contributed by atoms with Crippen molar-refractivity contribution in [3.05, 3.63) is 67.1 Å². The molecule has 0 heterocycles. The Morgan fingerprint density at radius 2 is 1.38 bits per heavy atom. The van der Waals surface area contributed by atoms with Gasteiger partial charge in [-0.05, 0) is 16.8 Å². The van der Waals surface area contributed by atoms with Crippen molar-refractivity contribution in [1.29, 1.82) is 0 Å². The van der Waals surface area contributed by atoms with Gasteiger partial charge < -0.3 is 0 Å². The van der Waals surface area contributed by atoms with Crippen LogP contribution in [0.5, 0.6) is 0 Å². The number of benzene rings is 2. The third-order valence-corrected chi connectivity index (χ3v) is 2.81. The quantitative estimate of drug-likeness (QED) is 0.519. The fourth-order valence-electron chi connectivity index (χ4n) is 2.04. The second-order valence-electron chi connectivity index (χ2n) is 3.70. The van der Waals surface area contributed by atoms with Crippen LogP contribution >= 0.6 is 0 Å². The van der Waals surface area contributed by atoms with Crippen molar-refractivity contribution in [2.45, 2.75) is 0 Å². The molecule has 0 unspecified atom stereocenters. The maximum atomic E-state index is 11.7. The van der Waals surface area contributed by atoms with Crippen LogP contribution in [0.15, 0.2) is 50.8 Å². The third kappa shape index (κ3) is 0.945.